The highest BCUT2D eigenvalue weighted by Gasteiger charge is 2.05. The average Bonchev–Trinajstić information content (AvgIpc) is 2.64. The first-order valence-electron chi connectivity index (χ1n) is 3.61. The van der Waals surface area contributed by atoms with Gasteiger partial charge in [0.05, 0.1) is 0 Å². The molecule has 1 heterocycles. The third-order valence-electron chi connectivity index (χ3n) is 1.24. The van der Waals surface area contributed by atoms with Gasteiger partial charge in [0.15, 0.2) is 0 Å². The number of carbonyl (C=O) groups is 1. The molecule has 0 aliphatic rings. The Morgan fingerprint density at radius 2 is 2.57 bits per heavy atom. The fourth-order valence-electron chi connectivity index (χ4n) is 0.650. The topological polar surface area (TPSA) is 106 Å². The number of nitriles is 1. The molecule has 0 spiro atoms. The Hall–Kier alpha value is -2.36. The Morgan fingerprint density at radius 1 is 1.79 bits per heavy atom. The van der Waals surface area contributed by atoms with Gasteiger partial charge in [-0.1, -0.05) is 5.16 Å². The maximum atomic E-state index is 10.5. The lowest BCUT2D eigenvalue weighted by atomic mass is 10.4. The Balaban J connectivity index is 2.47. The van der Waals surface area contributed by atoms with Crippen molar-refractivity contribution in [3.63, 3.8) is 0 Å². The number of nitrogens with two attached hydrogens (primary N) is 1. The van der Waals surface area contributed by atoms with E-state index in [0.29, 0.717) is 0 Å². The smallest absolute Gasteiger partial charge is 0.281 e. The van der Waals surface area contributed by atoms with Crippen LogP contribution in [0.25, 0.3) is 0 Å². The van der Waals surface area contributed by atoms with E-state index in [1.54, 1.807) is 18.5 Å². The average molecular weight is 193 g/mol. The highest BCUT2D eigenvalue weighted by atomic mass is 16.6. The maximum Gasteiger partial charge on any atom is 0.281 e. The molecule has 72 valence electrons. The normalized spacial score (nSPS) is 10.6. The van der Waals surface area contributed by atoms with Crippen LogP contribution >= 0.6 is 0 Å². The van der Waals surface area contributed by atoms with Crippen LogP contribution in [-0.2, 0) is 16.4 Å². The van der Waals surface area contributed by atoms with Gasteiger partial charge in [0.1, 0.15) is 6.07 Å². The second-order valence-electron chi connectivity index (χ2n) is 2.22. The summed E-state index contributed by atoms with van der Waals surface area (Å²) < 4.78 is 1.43. The highest BCUT2D eigenvalue weighted by molar-refractivity contribution is 6.44. The lowest BCUT2D eigenvalue weighted by Crippen LogP contribution is -2.22. The van der Waals surface area contributed by atoms with Crippen LogP contribution < -0.4 is 5.73 Å². The molecule has 0 aliphatic carbocycles. The Labute approximate surface area is 79.4 Å². The van der Waals surface area contributed by atoms with Crippen molar-refractivity contribution in [3.05, 3.63) is 18.5 Å². The molecule has 14 heavy (non-hydrogen) atoms. The fraction of sp³-hybridized carbons (Fsp3) is 0.143. The summed E-state index contributed by atoms with van der Waals surface area (Å²) in [6.07, 6.45) is 3.21. The van der Waals surface area contributed by atoms with Crippen molar-refractivity contribution in [1.82, 2.24) is 9.78 Å². The number of hydrogen-bond acceptors (Lipinski definition) is 5. The van der Waals surface area contributed by atoms with Gasteiger partial charge in [-0.15, -0.1) is 0 Å². The summed E-state index contributed by atoms with van der Waals surface area (Å²) in [5, 5.41) is 15.4. The number of rotatable bonds is 4. The molecule has 0 aromatic carbocycles. The summed E-state index contributed by atoms with van der Waals surface area (Å²) in [6, 6.07) is 3.20. The van der Waals surface area contributed by atoms with Crippen molar-refractivity contribution in [3.8, 4) is 6.07 Å². The zero-order chi connectivity index (χ0) is 10.4. The molecule has 0 saturated carbocycles. The standard InChI is InChI=1S/C7H7N5O2/c8-4-6(7(9)13)11-14-5-12-3-1-2-10-12/h1-3H,5H2,(H2,9,13). The first-order valence-corrected chi connectivity index (χ1v) is 3.61. The monoisotopic (exact) mass is 193 g/mol. The molecule has 0 aliphatic heterocycles. The largest absolute Gasteiger partial charge is 0.371 e. The minimum Gasteiger partial charge on any atom is -0.371 e. The fourth-order valence-corrected chi connectivity index (χ4v) is 0.650. The van der Waals surface area contributed by atoms with E-state index in [1.165, 1.54) is 10.8 Å². The second kappa shape index (κ2) is 4.61. The molecule has 1 amide bonds. The van der Waals surface area contributed by atoms with E-state index < -0.39 is 11.6 Å². The van der Waals surface area contributed by atoms with Crippen LogP contribution in [0.2, 0.25) is 0 Å². The van der Waals surface area contributed by atoms with E-state index in [1.807, 2.05) is 0 Å². The summed E-state index contributed by atoms with van der Waals surface area (Å²) in [6.45, 7) is 0.0193. The molecular weight excluding hydrogens is 186 g/mol. The van der Waals surface area contributed by atoms with Crippen LogP contribution in [0.5, 0.6) is 0 Å². The van der Waals surface area contributed by atoms with Gasteiger partial charge < -0.3 is 10.6 Å². The number of primary amides is 1. The summed E-state index contributed by atoms with van der Waals surface area (Å²) in [4.78, 5) is 15.1. The zero-order valence-electron chi connectivity index (χ0n) is 7.12. The number of carbonyl (C=O) groups excluding carboxylic acids is 1. The molecule has 1 aromatic rings. The van der Waals surface area contributed by atoms with Crippen LogP contribution in [0.1, 0.15) is 0 Å². The number of oxime groups is 1. The molecule has 0 atom stereocenters. The number of amides is 1. The molecular formula is C7H7N5O2. The molecule has 1 aromatic heterocycles. The molecule has 7 heteroatoms. The molecule has 0 unspecified atom stereocenters. The van der Waals surface area contributed by atoms with Crippen molar-refractivity contribution in [2.45, 2.75) is 6.73 Å². The van der Waals surface area contributed by atoms with Gasteiger partial charge in [-0.2, -0.15) is 10.4 Å². The van der Waals surface area contributed by atoms with Crippen molar-refractivity contribution in [2.24, 2.45) is 10.9 Å². The Morgan fingerprint density at radius 3 is 3.07 bits per heavy atom. The summed E-state index contributed by atoms with van der Waals surface area (Å²) >= 11 is 0. The Kier molecular flexibility index (Phi) is 3.20. The SMILES string of the molecule is N#CC(=NOCn1cccn1)C(N)=O. The summed E-state index contributed by atoms with van der Waals surface area (Å²) in [5.74, 6) is -0.923. The van der Waals surface area contributed by atoms with E-state index in [-0.39, 0.29) is 6.73 Å². The van der Waals surface area contributed by atoms with E-state index in [9.17, 15) is 4.79 Å². The van der Waals surface area contributed by atoms with Crippen LogP contribution in [0.3, 0.4) is 0 Å². The molecule has 0 saturated heterocycles. The maximum absolute atomic E-state index is 10.5. The number of nitrogens with zero attached hydrogens (tertiary/aromatic N) is 4. The van der Waals surface area contributed by atoms with E-state index in [2.05, 4.69) is 15.1 Å². The zero-order valence-corrected chi connectivity index (χ0v) is 7.12. The van der Waals surface area contributed by atoms with Gasteiger partial charge in [-0.05, 0) is 6.07 Å². The molecule has 0 radical (unpaired) electrons. The second-order valence-corrected chi connectivity index (χ2v) is 2.22. The third-order valence-corrected chi connectivity index (χ3v) is 1.24. The Bertz CT molecular complexity index is 375. The molecule has 1 rings (SSSR count). The first-order chi connectivity index (χ1) is 6.74. The summed E-state index contributed by atoms with van der Waals surface area (Å²) in [5.41, 5.74) is 4.34. The van der Waals surface area contributed by atoms with Crippen LogP contribution in [0.4, 0.5) is 0 Å². The lowest BCUT2D eigenvalue weighted by molar-refractivity contribution is -0.112. The van der Waals surface area contributed by atoms with Gasteiger partial charge in [-0.3, -0.25) is 4.79 Å². The number of hydrogen-bond donors (Lipinski definition) is 1. The predicted octanol–water partition coefficient (Wildman–Crippen LogP) is -0.778. The quantitative estimate of drug-likeness (QED) is 0.500. The van der Waals surface area contributed by atoms with E-state index >= 15 is 0 Å². The molecule has 0 bridgehead atoms. The van der Waals surface area contributed by atoms with Gasteiger partial charge in [-0.25, -0.2) is 4.68 Å². The van der Waals surface area contributed by atoms with Gasteiger partial charge in [0, 0.05) is 12.4 Å². The van der Waals surface area contributed by atoms with Crippen LogP contribution in [-0.4, -0.2) is 21.4 Å². The van der Waals surface area contributed by atoms with Crippen LogP contribution in [0.15, 0.2) is 23.6 Å². The first kappa shape index (κ1) is 9.73. The van der Waals surface area contributed by atoms with Crippen molar-refractivity contribution >= 4 is 11.6 Å². The van der Waals surface area contributed by atoms with Gasteiger partial charge in [0.25, 0.3) is 5.91 Å². The van der Waals surface area contributed by atoms with Gasteiger partial charge in [0.2, 0.25) is 12.4 Å². The van der Waals surface area contributed by atoms with Crippen molar-refractivity contribution in [2.75, 3.05) is 0 Å². The minimum absolute atomic E-state index is 0.0193. The van der Waals surface area contributed by atoms with Crippen molar-refractivity contribution in [1.29, 1.82) is 5.26 Å². The minimum atomic E-state index is -0.923. The molecule has 0 fully saturated rings. The van der Waals surface area contributed by atoms with Crippen LogP contribution in [0, 0.1) is 11.3 Å². The summed E-state index contributed by atoms with van der Waals surface area (Å²) in [7, 11) is 0. The van der Waals surface area contributed by atoms with Gasteiger partial charge >= 0.3 is 0 Å². The molecule has 2 N–H and O–H groups in total. The number of aromatic nitrogens is 2. The van der Waals surface area contributed by atoms with E-state index in [0.717, 1.165) is 0 Å². The van der Waals surface area contributed by atoms with E-state index in [4.69, 9.17) is 11.0 Å². The molecule has 7 nitrogen and oxygen atoms in total. The lowest BCUT2D eigenvalue weighted by Gasteiger charge is -1.98. The third kappa shape index (κ3) is 2.60. The highest BCUT2D eigenvalue weighted by Crippen LogP contribution is 1.87. The van der Waals surface area contributed by atoms with Crippen molar-refractivity contribution < 1.29 is 9.63 Å². The predicted molar refractivity (Wildman–Crippen MR) is 45.6 cm³/mol.